The maximum Gasteiger partial charge on any atom is 0.310 e. The van der Waals surface area contributed by atoms with E-state index < -0.39 is 0 Å². The molecule has 1 aliphatic carbocycles. The van der Waals surface area contributed by atoms with Gasteiger partial charge in [-0.1, -0.05) is 37.8 Å². The molecule has 0 unspecified atom stereocenters. The number of rotatable bonds is 4. The van der Waals surface area contributed by atoms with Crippen molar-refractivity contribution in [3.8, 4) is 0 Å². The van der Waals surface area contributed by atoms with Crippen molar-refractivity contribution in [3.63, 3.8) is 0 Å². The average Bonchev–Trinajstić information content (AvgIpc) is 2.47. The van der Waals surface area contributed by atoms with Crippen molar-refractivity contribution in [2.45, 2.75) is 51.1 Å². The van der Waals surface area contributed by atoms with Gasteiger partial charge in [-0.15, -0.1) is 0 Å². The second-order valence-electron chi connectivity index (χ2n) is 5.74. The first kappa shape index (κ1) is 16.0. The van der Waals surface area contributed by atoms with Crippen molar-refractivity contribution in [1.29, 1.82) is 0 Å². The molecule has 1 aromatic rings. The quantitative estimate of drug-likeness (QED) is 0.864. The molecule has 0 amide bonds. The van der Waals surface area contributed by atoms with E-state index in [1.807, 2.05) is 0 Å². The highest BCUT2D eigenvalue weighted by Crippen LogP contribution is 2.24. The molecule has 116 valence electrons. The fraction of sp³-hybridized carbons (Fsp3) is 0.588. The first-order valence-corrected chi connectivity index (χ1v) is 7.76. The maximum absolute atomic E-state index is 12.9. The number of hydrogen-bond acceptors (Lipinski definition) is 3. The molecule has 3 nitrogen and oxygen atoms in total. The predicted molar refractivity (Wildman–Crippen MR) is 80.2 cm³/mol. The van der Waals surface area contributed by atoms with Crippen molar-refractivity contribution < 1.29 is 13.9 Å². The highest BCUT2D eigenvalue weighted by Gasteiger charge is 2.29. The van der Waals surface area contributed by atoms with Crippen LogP contribution in [0.15, 0.2) is 24.3 Å². The topological polar surface area (TPSA) is 38.3 Å². The molecule has 2 atom stereocenters. The van der Waals surface area contributed by atoms with Crippen LogP contribution in [0.4, 0.5) is 4.39 Å². The standard InChI is InChI=1S/C17H24FNO2/c1-21-17(20)15-6-4-2-3-5-7-16(15)19-12-13-8-10-14(18)11-9-13/h8-11,15-16,19H,2-7,12H2,1H3/t15-,16+/m1/s1. The molecule has 1 saturated carbocycles. The molecule has 0 saturated heterocycles. The minimum Gasteiger partial charge on any atom is -0.469 e. The third kappa shape index (κ3) is 4.81. The molecule has 4 heteroatoms. The number of carbonyl (C=O) groups is 1. The molecule has 21 heavy (non-hydrogen) atoms. The highest BCUT2D eigenvalue weighted by atomic mass is 19.1. The third-order valence-corrected chi connectivity index (χ3v) is 4.25. The SMILES string of the molecule is COC(=O)[C@@H]1CCCCCC[C@@H]1NCc1ccc(F)cc1. The van der Waals surface area contributed by atoms with Crippen LogP contribution < -0.4 is 5.32 Å². The van der Waals surface area contributed by atoms with Gasteiger partial charge in [0.05, 0.1) is 13.0 Å². The van der Waals surface area contributed by atoms with Crippen LogP contribution in [0.5, 0.6) is 0 Å². The van der Waals surface area contributed by atoms with Gasteiger partial charge in [0.15, 0.2) is 0 Å². The van der Waals surface area contributed by atoms with E-state index in [4.69, 9.17) is 4.74 Å². The molecular weight excluding hydrogens is 269 g/mol. The molecule has 1 N–H and O–H groups in total. The summed E-state index contributed by atoms with van der Waals surface area (Å²) >= 11 is 0. The summed E-state index contributed by atoms with van der Waals surface area (Å²) in [5.74, 6) is -0.415. The summed E-state index contributed by atoms with van der Waals surface area (Å²) < 4.78 is 17.9. The van der Waals surface area contributed by atoms with Gasteiger partial charge in [-0.05, 0) is 30.5 Å². The van der Waals surface area contributed by atoms with Gasteiger partial charge in [-0.3, -0.25) is 4.79 Å². The minimum absolute atomic E-state index is 0.0734. The molecule has 1 aliphatic rings. The Hall–Kier alpha value is -1.42. The lowest BCUT2D eigenvalue weighted by Gasteiger charge is -2.28. The highest BCUT2D eigenvalue weighted by molar-refractivity contribution is 5.73. The van der Waals surface area contributed by atoms with Crippen molar-refractivity contribution in [2.24, 2.45) is 5.92 Å². The van der Waals surface area contributed by atoms with E-state index in [1.165, 1.54) is 32.1 Å². The van der Waals surface area contributed by atoms with Gasteiger partial charge in [0.1, 0.15) is 5.82 Å². The van der Waals surface area contributed by atoms with E-state index >= 15 is 0 Å². The van der Waals surface area contributed by atoms with E-state index in [-0.39, 0.29) is 23.7 Å². The van der Waals surface area contributed by atoms with Crippen LogP contribution in [0, 0.1) is 11.7 Å². The Morgan fingerprint density at radius 2 is 1.86 bits per heavy atom. The normalized spacial score (nSPS) is 23.1. The van der Waals surface area contributed by atoms with Crippen LogP contribution in [0.2, 0.25) is 0 Å². The molecule has 2 rings (SSSR count). The summed E-state index contributed by atoms with van der Waals surface area (Å²) in [5, 5.41) is 3.47. The number of halogens is 1. The summed E-state index contributed by atoms with van der Waals surface area (Å²) in [5.41, 5.74) is 1.03. The van der Waals surface area contributed by atoms with E-state index in [0.29, 0.717) is 6.54 Å². The fourth-order valence-corrected chi connectivity index (χ4v) is 3.01. The van der Waals surface area contributed by atoms with Crippen LogP contribution >= 0.6 is 0 Å². The number of benzene rings is 1. The Balaban J connectivity index is 1.98. The molecular formula is C17H24FNO2. The predicted octanol–water partition coefficient (Wildman–Crippen LogP) is 3.43. The first-order chi connectivity index (χ1) is 10.2. The van der Waals surface area contributed by atoms with Crippen LogP contribution in [-0.4, -0.2) is 19.1 Å². The van der Waals surface area contributed by atoms with Crippen LogP contribution in [0.3, 0.4) is 0 Å². The van der Waals surface area contributed by atoms with Crippen molar-refractivity contribution in [2.75, 3.05) is 7.11 Å². The lowest BCUT2D eigenvalue weighted by Crippen LogP contribution is -2.41. The summed E-state index contributed by atoms with van der Waals surface area (Å²) in [6.45, 7) is 0.651. The Bertz CT molecular complexity index is 447. The molecule has 1 fully saturated rings. The van der Waals surface area contributed by atoms with Gasteiger partial charge in [0.2, 0.25) is 0 Å². The molecule has 0 spiro atoms. The fourth-order valence-electron chi connectivity index (χ4n) is 3.01. The Labute approximate surface area is 125 Å². The zero-order chi connectivity index (χ0) is 15.1. The van der Waals surface area contributed by atoms with Gasteiger partial charge in [-0.2, -0.15) is 0 Å². The minimum atomic E-state index is -0.225. The molecule has 0 bridgehead atoms. The largest absolute Gasteiger partial charge is 0.469 e. The van der Waals surface area contributed by atoms with E-state index in [1.54, 1.807) is 12.1 Å². The summed E-state index contributed by atoms with van der Waals surface area (Å²) in [7, 11) is 1.46. The molecule has 0 aromatic heterocycles. The monoisotopic (exact) mass is 293 g/mol. The molecule has 0 heterocycles. The van der Waals surface area contributed by atoms with Gasteiger partial charge in [0, 0.05) is 12.6 Å². The first-order valence-electron chi connectivity index (χ1n) is 7.76. The molecule has 0 aliphatic heterocycles. The number of hydrogen-bond donors (Lipinski definition) is 1. The van der Waals surface area contributed by atoms with Gasteiger partial charge in [0.25, 0.3) is 0 Å². The molecule has 0 radical (unpaired) electrons. The lowest BCUT2D eigenvalue weighted by atomic mass is 9.86. The number of esters is 1. The summed E-state index contributed by atoms with van der Waals surface area (Å²) in [4.78, 5) is 12.0. The van der Waals surface area contributed by atoms with Crippen LogP contribution in [-0.2, 0) is 16.1 Å². The van der Waals surface area contributed by atoms with Crippen LogP contribution in [0.25, 0.3) is 0 Å². The van der Waals surface area contributed by atoms with E-state index in [2.05, 4.69) is 5.32 Å². The lowest BCUT2D eigenvalue weighted by molar-refractivity contribution is -0.147. The van der Waals surface area contributed by atoms with E-state index in [9.17, 15) is 9.18 Å². The number of nitrogens with one attached hydrogen (secondary N) is 1. The summed E-state index contributed by atoms with van der Waals surface area (Å²) in [6, 6.07) is 6.62. The zero-order valence-corrected chi connectivity index (χ0v) is 12.6. The van der Waals surface area contributed by atoms with E-state index in [0.717, 1.165) is 31.2 Å². The second kappa shape index (κ2) is 8.13. The third-order valence-electron chi connectivity index (χ3n) is 4.25. The number of methoxy groups -OCH3 is 1. The Morgan fingerprint density at radius 3 is 2.52 bits per heavy atom. The van der Waals surface area contributed by atoms with Gasteiger partial charge in [-0.25, -0.2) is 4.39 Å². The number of ether oxygens (including phenoxy) is 1. The smallest absolute Gasteiger partial charge is 0.310 e. The second-order valence-corrected chi connectivity index (χ2v) is 5.74. The van der Waals surface area contributed by atoms with Crippen molar-refractivity contribution in [3.05, 3.63) is 35.6 Å². The summed E-state index contributed by atoms with van der Waals surface area (Å²) in [6.07, 6.45) is 6.50. The maximum atomic E-state index is 12.9. The van der Waals surface area contributed by atoms with Crippen LogP contribution in [0.1, 0.15) is 44.1 Å². The Kier molecular flexibility index (Phi) is 6.18. The van der Waals surface area contributed by atoms with Gasteiger partial charge < -0.3 is 10.1 Å². The van der Waals surface area contributed by atoms with Crippen molar-refractivity contribution >= 4 is 5.97 Å². The molecule has 1 aromatic carbocycles. The zero-order valence-electron chi connectivity index (χ0n) is 12.6. The van der Waals surface area contributed by atoms with Gasteiger partial charge >= 0.3 is 5.97 Å². The van der Waals surface area contributed by atoms with Crippen molar-refractivity contribution in [1.82, 2.24) is 5.32 Å². The average molecular weight is 293 g/mol. The number of carbonyl (C=O) groups excluding carboxylic acids is 1. The Morgan fingerprint density at radius 1 is 1.19 bits per heavy atom.